The van der Waals surface area contributed by atoms with Crippen LogP contribution in [0.1, 0.15) is 39.2 Å². The number of carbonyl (C=O) groups is 2. The van der Waals surface area contributed by atoms with E-state index < -0.39 is 18.2 Å². The van der Waals surface area contributed by atoms with Crippen LogP contribution in [0, 0.1) is 0 Å². The minimum absolute atomic E-state index is 0.220. The molecule has 0 bridgehead atoms. The van der Waals surface area contributed by atoms with Crippen molar-refractivity contribution in [2.75, 3.05) is 14.2 Å². The standard InChI is InChI=1S/C20H23N3O7/c1-10(2)27-20(25)29-18-12(4)23(5)11(3)17(28-19(24)26-6)15(18)13-8-7-9-14-16(13)22-30-21-14/h7-10,15H,1-6H3. The van der Waals surface area contributed by atoms with Gasteiger partial charge in [-0.25, -0.2) is 14.2 Å². The van der Waals surface area contributed by atoms with Gasteiger partial charge in [0.25, 0.3) is 0 Å². The second kappa shape index (κ2) is 8.44. The van der Waals surface area contributed by atoms with Crippen LogP contribution in [0.25, 0.3) is 11.0 Å². The Labute approximate surface area is 173 Å². The van der Waals surface area contributed by atoms with Gasteiger partial charge in [0.15, 0.2) is 0 Å². The molecule has 10 heteroatoms. The number of benzene rings is 1. The molecule has 0 N–H and O–H groups in total. The zero-order valence-corrected chi connectivity index (χ0v) is 17.6. The van der Waals surface area contributed by atoms with Gasteiger partial charge in [-0.3, -0.25) is 0 Å². The Morgan fingerprint density at radius 3 is 2.30 bits per heavy atom. The maximum absolute atomic E-state index is 12.3. The first-order valence-electron chi connectivity index (χ1n) is 9.25. The molecule has 1 aliphatic rings. The quantitative estimate of drug-likeness (QED) is 0.675. The number of fused-ring (bicyclic) bond motifs is 1. The number of carbonyl (C=O) groups excluding carboxylic acids is 2. The van der Waals surface area contributed by atoms with Gasteiger partial charge in [-0.05, 0) is 44.1 Å². The monoisotopic (exact) mass is 417 g/mol. The average molecular weight is 417 g/mol. The summed E-state index contributed by atoms with van der Waals surface area (Å²) in [6, 6.07) is 5.25. The summed E-state index contributed by atoms with van der Waals surface area (Å²) in [5.41, 5.74) is 2.77. The lowest BCUT2D eigenvalue weighted by molar-refractivity contribution is 0.0450. The zero-order chi connectivity index (χ0) is 22.0. The molecule has 10 nitrogen and oxygen atoms in total. The van der Waals surface area contributed by atoms with Crippen LogP contribution in [0.2, 0.25) is 0 Å². The molecule has 1 aliphatic heterocycles. The van der Waals surface area contributed by atoms with E-state index in [1.54, 1.807) is 57.8 Å². The summed E-state index contributed by atoms with van der Waals surface area (Å²) in [6.07, 6.45) is -2.15. The predicted molar refractivity (Wildman–Crippen MR) is 104 cm³/mol. The number of rotatable bonds is 4. The van der Waals surface area contributed by atoms with Crippen molar-refractivity contribution in [3.05, 3.63) is 46.7 Å². The molecule has 2 heterocycles. The smallest absolute Gasteiger partial charge is 0.437 e. The molecule has 0 spiro atoms. The Morgan fingerprint density at radius 2 is 1.70 bits per heavy atom. The van der Waals surface area contributed by atoms with Crippen molar-refractivity contribution in [2.24, 2.45) is 0 Å². The highest BCUT2D eigenvalue weighted by atomic mass is 16.7. The van der Waals surface area contributed by atoms with Crippen molar-refractivity contribution in [3.63, 3.8) is 0 Å². The minimum Gasteiger partial charge on any atom is -0.437 e. The molecular formula is C20H23N3O7. The number of hydrogen-bond donors (Lipinski definition) is 0. The largest absolute Gasteiger partial charge is 0.513 e. The van der Waals surface area contributed by atoms with Gasteiger partial charge in [-0.1, -0.05) is 12.1 Å². The summed E-state index contributed by atoms with van der Waals surface area (Å²) in [5, 5.41) is 7.83. The van der Waals surface area contributed by atoms with Crippen molar-refractivity contribution in [2.45, 2.75) is 39.7 Å². The van der Waals surface area contributed by atoms with Gasteiger partial charge >= 0.3 is 12.3 Å². The number of nitrogens with zero attached hydrogens (tertiary/aromatic N) is 3. The molecule has 2 aromatic rings. The molecular weight excluding hydrogens is 394 g/mol. The Balaban J connectivity index is 2.18. The predicted octanol–water partition coefficient (Wildman–Crippen LogP) is 4.06. The lowest BCUT2D eigenvalue weighted by atomic mass is 9.89. The third-order valence-corrected chi connectivity index (χ3v) is 4.76. The van der Waals surface area contributed by atoms with Crippen LogP contribution < -0.4 is 0 Å². The van der Waals surface area contributed by atoms with E-state index in [4.69, 9.17) is 18.8 Å². The van der Waals surface area contributed by atoms with Gasteiger partial charge in [0.2, 0.25) is 0 Å². The molecule has 0 amide bonds. The Morgan fingerprint density at radius 1 is 1.07 bits per heavy atom. The van der Waals surface area contributed by atoms with E-state index in [1.165, 1.54) is 7.11 Å². The molecule has 1 unspecified atom stereocenters. The van der Waals surface area contributed by atoms with Crippen LogP contribution in [0.4, 0.5) is 9.59 Å². The first kappa shape index (κ1) is 21.2. The SMILES string of the molecule is COC(=O)OC1=C(C)N(C)C(C)=C(OC(=O)OC(C)C)C1c1cccc2nonc12. The summed E-state index contributed by atoms with van der Waals surface area (Å²) in [4.78, 5) is 26.1. The number of allylic oxidation sites excluding steroid dienone is 2. The molecule has 0 radical (unpaired) electrons. The highest BCUT2D eigenvalue weighted by Gasteiger charge is 2.39. The second-order valence-electron chi connectivity index (χ2n) is 6.95. The van der Waals surface area contributed by atoms with E-state index >= 15 is 0 Å². The van der Waals surface area contributed by atoms with Crippen molar-refractivity contribution in [3.8, 4) is 0 Å². The van der Waals surface area contributed by atoms with Gasteiger partial charge in [0, 0.05) is 12.6 Å². The van der Waals surface area contributed by atoms with Crippen LogP contribution in [-0.4, -0.2) is 47.8 Å². The highest BCUT2D eigenvalue weighted by molar-refractivity contribution is 5.79. The van der Waals surface area contributed by atoms with Crippen LogP contribution in [0.3, 0.4) is 0 Å². The molecule has 1 aromatic heterocycles. The number of hydrogen-bond acceptors (Lipinski definition) is 10. The Kier molecular flexibility index (Phi) is 5.95. The number of methoxy groups -OCH3 is 1. The van der Waals surface area contributed by atoms with Crippen molar-refractivity contribution >= 4 is 23.3 Å². The van der Waals surface area contributed by atoms with Crippen molar-refractivity contribution in [1.29, 1.82) is 0 Å². The average Bonchev–Trinajstić information content (AvgIpc) is 3.18. The molecule has 30 heavy (non-hydrogen) atoms. The molecule has 1 aromatic carbocycles. The van der Waals surface area contributed by atoms with E-state index in [1.807, 2.05) is 0 Å². The topological polar surface area (TPSA) is 113 Å². The van der Waals surface area contributed by atoms with Gasteiger partial charge in [0.1, 0.15) is 28.5 Å². The summed E-state index contributed by atoms with van der Waals surface area (Å²) in [5.74, 6) is -0.350. The first-order chi connectivity index (χ1) is 14.2. The summed E-state index contributed by atoms with van der Waals surface area (Å²) >= 11 is 0. The lowest BCUT2D eigenvalue weighted by Crippen LogP contribution is -2.31. The lowest BCUT2D eigenvalue weighted by Gasteiger charge is -2.35. The zero-order valence-electron chi connectivity index (χ0n) is 17.6. The molecule has 0 aliphatic carbocycles. The molecule has 0 fully saturated rings. The molecule has 1 atom stereocenters. The summed E-state index contributed by atoms with van der Waals surface area (Å²) in [6.45, 7) is 6.99. The Bertz CT molecular complexity index is 1040. The Hall–Kier alpha value is -3.56. The molecule has 0 saturated carbocycles. The minimum atomic E-state index is -0.906. The maximum atomic E-state index is 12.3. The summed E-state index contributed by atoms with van der Waals surface area (Å²) in [7, 11) is 2.97. The first-order valence-corrected chi connectivity index (χ1v) is 9.25. The van der Waals surface area contributed by atoms with Crippen LogP contribution >= 0.6 is 0 Å². The van der Waals surface area contributed by atoms with E-state index in [0.717, 1.165) is 0 Å². The van der Waals surface area contributed by atoms with E-state index in [9.17, 15) is 9.59 Å². The summed E-state index contributed by atoms with van der Waals surface area (Å²) < 4.78 is 25.8. The highest BCUT2D eigenvalue weighted by Crippen LogP contribution is 2.44. The molecule has 160 valence electrons. The van der Waals surface area contributed by atoms with Gasteiger partial charge < -0.3 is 23.8 Å². The molecule has 3 rings (SSSR count). The van der Waals surface area contributed by atoms with E-state index in [-0.39, 0.29) is 17.6 Å². The van der Waals surface area contributed by atoms with Crippen LogP contribution in [-0.2, 0) is 18.9 Å². The van der Waals surface area contributed by atoms with Crippen molar-refractivity contribution < 1.29 is 33.2 Å². The maximum Gasteiger partial charge on any atom is 0.513 e. The van der Waals surface area contributed by atoms with Crippen LogP contribution in [0.15, 0.2) is 45.7 Å². The third kappa shape index (κ3) is 3.93. The van der Waals surface area contributed by atoms with E-state index in [0.29, 0.717) is 28.0 Å². The van der Waals surface area contributed by atoms with Gasteiger partial charge in [-0.15, -0.1) is 0 Å². The third-order valence-electron chi connectivity index (χ3n) is 4.76. The second-order valence-corrected chi connectivity index (χ2v) is 6.95. The number of ether oxygens (including phenoxy) is 4. The van der Waals surface area contributed by atoms with Gasteiger partial charge in [-0.2, -0.15) is 0 Å². The van der Waals surface area contributed by atoms with Gasteiger partial charge in [0.05, 0.1) is 24.6 Å². The fourth-order valence-electron chi connectivity index (χ4n) is 3.16. The van der Waals surface area contributed by atoms with Crippen LogP contribution in [0.5, 0.6) is 0 Å². The fraction of sp³-hybridized carbons (Fsp3) is 0.400. The van der Waals surface area contributed by atoms with E-state index in [2.05, 4.69) is 15.1 Å². The van der Waals surface area contributed by atoms with Crippen molar-refractivity contribution in [1.82, 2.24) is 15.2 Å². The number of aromatic nitrogens is 2. The molecule has 0 saturated heterocycles. The normalized spacial score (nSPS) is 16.9. The fourth-order valence-corrected chi connectivity index (χ4v) is 3.16.